The molecule has 0 radical (unpaired) electrons. The van der Waals surface area contributed by atoms with Crippen LogP contribution in [0, 0.1) is 5.41 Å². The fraction of sp³-hybridized carbons (Fsp3) is 0.812. The zero-order valence-electron chi connectivity index (χ0n) is 15.1. The molecule has 6 heteroatoms. The summed E-state index contributed by atoms with van der Waals surface area (Å²) in [4.78, 5) is 0. The Bertz CT molecular complexity index is 380. The Labute approximate surface area is 134 Å². The van der Waals surface area contributed by atoms with Crippen molar-refractivity contribution in [1.29, 1.82) is 0 Å². The molecule has 0 saturated heterocycles. The maximum Gasteiger partial charge on any atom is 0.0799 e. The Balaban J connectivity index is 4.80. The van der Waals surface area contributed by atoms with E-state index in [1.165, 1.54) is 0 Å². The molecule has 0 aromatic carbocycles. The molecule has 0 fully saturated rings. The first-order valence-corrected chi connectivity index (χ1v) is 7.65. The highest BCUT2D eigenvalue weighted by Gasteiger charge is 2.30. The molecule has 0 amide bonds. The molecule has 6 N–H and O–H groups in total. The van der Waals surface area contributed by atoms with E-state index < -0.39 is 5.54 Å². The number of aliphatic hydroxyl groups excluding tert-OH is 1. The van der Waals surface area contributed by atoms with Crippen molar-refractivity contribution >= 4 is 5.71 Å². The lowest BCUT2D eigenvalue weighted by molar-refractivity contribution is 0.249. The van der Waals surface area contributed by atoms with Gasteiger partial charge in [-0.3, -0.25) is 0 Å². The van der Waals surface area contributed by atoms with E-state index in [1.807, 2.05) is 34.6 Å². The monoisotopic (exact) mass is 314 g/mol. The minimum absolute atomic E-state index is 0.167. The Kier molecular flexibility index (Phi) is 7.54. The average molecular weight is 314 g/mol. The first-order valence-electron chi connectivity index (χ1n) is 7.65. The summed E-state index contributed by atoms with van der Waals surface area (Å²) in [7, 11) is 0. The van der Waals surface area contributed by atoms with Gasteiger partial charge in [0, 0.05) is 30.6 Å². The van der Waals surface area contributed by atoms with Crippen LogP contribution in [0.25, 0.3) is 0 Å². The van der Waals surface area contributed by atoms with Crippen LogP contribution in [0.3, 0.4) is 0 Å². The van der Waals surface area contributed by atoms with E-state index in [1.54, 1.807) is 6.92 Å². The molecular weight excluding hydrogens is 280 g/mol. The molecule has 0 saturated carbocycles. The maximum atomic E-state index is 9.18. The molecule has 0 aliphatic heterocycles. The highest BCUT2D eigenvalue weighted by atomic mass is 16.4. The summed E-state index contributed by atoms with van der Waals surface area (Å²) in [6, 6.07) is 0. The van der Waals surface area contributed by atoms with Crippen molar-refractivity contribution < 1.29 is 10.3 Å². The van der Waals surface area contributed by atoms with Crippen molar-refractivity contribution in [3.8, 4) is 0 Å². The van der Waals surface area contributed by atoms with Gasteiger partial charge in [-0.15, -0.1) is 0 Å². The van der Waals surface area contributed by atoms with Crippen LogP contribution in [0.1, 0.15) is 48.5 Å². The molecule has 0 bridgehead atoms. The summed E-state index contributed by atoms with van der Waals surface area (Å²) in [6.07, 6.45) is 1.13. The first-order chi connectivity index (χ1) is 9.94. The molecule has 0 aromatic rings. The van der Waals surface area contributed by atoms with Gasteiger partial charge in [0.2, 0.25) is 0 Å². The van der Waals surface area contributed by atoms with Crippen LogP contribution >= 0.6 is 0 Å². The van der Waals surface area contributed by atoms with Gasteiger partial charge in [-0.1, -0.05) is 12.1 Å². The molecular formula is C16H34N4O2. The summed E-state index contributed by atoms with van der Waals surface area (Å²) in [5.74, 6) is 0. The highest BCUT2D eigenvalue weighted by molar-refractivity contribution is 5.90. The lowest BCUT2D eigenvalue weighted by Crippen LogP contribution is -2.55. The van der Waals surface area contributed by atoms with Gasteiger partial charge >= 0.3 is 0 Å². The summed E-state index contributed by atoms with van der Waals surface area (Å²) >= 11 is 0. The van der Waals surface area contributed by atoms with Crippen molar-refractivity contribution in [2.24, 2.45) is 16.3 Å². The number of nitrogens with two attached hydrogens (primary N) is 1. The Morgan fingerprint density at radius 1 is 1.05 bits per heavy atom. The summed E-state index contributed by atoms with van der Waals surface area (Å²) < 4.78 is 0. The summed E-state index contributed by atoms with van der Waals surface area (Å²) in [6.45, 7) is 15.6. The van der Waals surface area contributed by atoms with E-state index in [9.17, 15) is 5.11 Å². The molecule has 0 aromatic heterocycles. The third-order valence-corrected chi connectivity index (χ3v) is 4.64. The first kappa shape index (κ1) is 20.9. The lowest BCUT2D eigenvalue weighted by atomic mass is 9.86. The van der Waals surface area contributed by atoms with Gasteiger partial charge in [0.1, 0.15) is 0 Å². The van der Waals surface area contributed by atoms with Gasteiger partial charge in [-0.05, 0) is 47.1 Å². The Morgan fingerprint density at radius 3 is 1.86 bits per heavy atom. The zero-order chi connectivity index (χ0) is 17.6. The third-order valence-electron chi connectivity index (χ3n) is 4.64. The number of nitrogens with one attached hydrogen (secondary N) is 2. The molecule has 6 nitrogen and oxygen atoms in total. The number of rotatable bonds is 9. The Hall–Kier alpha value is -1.11. The molecule has 0 spiro atoms. The SMILES string of the molecule is C/C(=C\O)C(C)(C)NCC(C)(CN)CNC(C)(C)/C(C)=N/O. The number of hydrogen-bond acceptors (Lipinski definition) is 6. The molecule has 0 heterocycles. The molecule has 1 unspecified atom stereocenters. The molecule has 0 aliphatic rings. The van der Waals surface area contributed by atoms with Gasteiger partial charge in [-0.2, -0.15) is 0 Å². The predicted molar refractivity (Wildman–Crippen MR) is 92.6 cm³/mol. The van der Waals surface area contributed by atoms with Gasteiger partial charge in [-0.25, -0.2) is 0 Å². The van der Waals surface area contributed by atoms with Crippen LogP contribution in [0.5, 0.6) is 0 Å². The minimum atomic E-state index is -0.401. The summed E-state index contributed by atoms with van der Waals surface area (Å²) in [5, 5.41) is 28.3. The second-order valence-electron chi connectivity index (χ2n) is 7.47. The van der Waals surface area contributed by atoms with Crippen LogP contribution in [-0.4, -0.2) is 46.7 Å². The third kappa shape index (κ3) is 5.94. The number of nitrogens with zero attached hydrogens (tertiary/aromatic N) is 1. The van der Waals surface area contributed by atoms with Crippen LogP contribution in [0.4, 0.5) is 0 Å². The standard InChI is InChI=1S/C16H34N4O2/c1-12(8-21)14(3,4)18-10-16(7,9-17)11-19-15(5,6)13(2)20-22/h8,18-19,21-22H,9-11,17H2,1-7H3/b12-8+,20-13+. The fourth-order valence-corrected chi connectivity index (χ4v) is 1.63. The maximum absolute atomic E-state index is 9.18. The topological polar surface area (TPSA) is 103 Å². The second-order valence-corrected chi connectivity index (χ2v) is 7.47. The van der Waals surface area contributed by atoms with Crippen LogP contribution in [0.15, 0.2) is 17.0 Å². The summed E-state index contributed by atoms with van der Waals surface area (Å²) in [5.41, 5.74) is 6.58. The van der Waals surface area contributed by atoms with Crippen molar-refractivity contribution in [2.45, 2.75) is 59.5 Å². The van der Waals surface area contributed by atoms with Crippen molar-refractivity contribution in [2.75, 3.05) is 19.6 Å². The smallest absolute Gasteiger partial charge is 0.0799 e. The van der Waals surface area contributed by atoms with Crippen molar-refractivity contribution in [3.63, 3.8) is 0 Å². The van der Waals surface area contributed by atoms with E-state index >= 15 is 0 Å². The molecule has 130 valence electrons. The predicted octanol–water partition coefficient (Wildman–Crippen LogP) is 2.00. The normalized spacial score (nSPS) is 17.5. The van der Waals surface area contributed by atoms with E-state index in [4.69, 9.17) is 10.9 Å². The van der Waals surface area contributed by atoms with Crippen LogP contribution < -0.4 is 16.4 Å². The number of aliphatic hydroxyl groups is 1. The minimum Gasteiger partial charge on any atom is -0.516 e. The number of hydrogen-bond donors (Lipinski definition) is 5. The van der Waals surface area contributed by atoms with Crippen LogP contribution in [-0.2, 0) is 0 Å². The molecule has 1 atom stereocenters. The van der Waals surface area contributed by atoms with Gasteiger partial charge in [0.15, 0.2) is 0 Å². The zero-order valence-corrected chi connectivity index (χ0v) is 15.1. The van der Waals surface area contributed by atoms with E-state index in [-0.39, 0.29) is 11.0 Å². The Morgan fingerprint density at radius 2 is 1.50 bits per heavy atom. The van der Waals surface area contributed by atoms with Gasteiger partial charge in [0.25, 0.3) is 0 Å². The highest BCUT2D eigenvalue weighted by Crippen LogP contribution is 2.19. The largest absolute Gasteiger partial charge is 0.516 e. The van der Waals surface area contributed by atoms with Gasteiger partial charge < -0.3 is 26.7 Å². The van der Waals surface area contributed by atoms with E-state index in [0.29, 0.717) is 25.3 Å². The molecule has 22 heavy (non-hydrogen) atoms. The lowest BCUT2D eigenvalue weighted by Gasteiger charge is -2.37. The molecule has 0 rings (SSSR count). The van der Waals surface area contributed by atoms with E-state index in [0.717, 1.165) is 11.8 Å². The quantitative estimate of drug-likeness (QED) is 0.194. The van der Waals surface area contributed by atoms with Crippen molar-refractivity contribution in [1.82, 2.24) is 10.6 Å². The van der Waals surface area contributed by atoms with Crippen LogP contribution in [0.2, 0.25) is 0 Å². The fourth-order valence-electron chi connectivity index (χ4n) is 1.63. The van der Waals surface area contributed by atoms with Crippen molar-refractivity contribution in [3.05, 3.63) is 11.8 Å². The number of oxime groups is 1. The second kappa shape index (κ2) is 7.94. The average Bonchev–Trinajstić information content (AvgIpc) is 2.49. The van der Waals surface area contributed by atoms with Gasteiger partial charge in [0.05, 0.1) is 17.5 Å². The molecule has 0 aliphatic carbocycles. The van der Waals surface area contributed by atoms with E-state index in [2.05, 4.69) is 22.7 Å².